The van der Waals surface area contributed by atoms with Gasteiger partial charge in [-0.1, -0.05) is 0 Å². The molecule has 0 amide bonds. The zero-order chi connectivity index (χ0) is 3.58. The van der Waals surface area contributed by atoms with E-state index in [9.17, 15) is 0 Å². The Labute approximate surface area is 130 Å². The van der Waals surface area contributed by atoms with Crippen molar-refractivity contribution in [3.05, 3.63) is 0 Å². The Balaban J connectivity index is -0.00000000300. The molecule has 0 saturated heterocycles. The van der Waals surface area contributed by atoms with Crippen LogP contribution in [-0.4, -0.2) is 71.3 Å². The molecule has 1 radical (unpaired) electrons. The van der Waals surface area contributed by atoms with Crippen molar-refractivity contribution in [2.75, 3.05) is 0 Å². The summed E-state index contributed by atoms with van der Waals surface area (Å²) in [5.74, 6) is 0. The molecular weight excluding hydrogens is 362 g/mol. The van der Waals surface area contributed by atoms with Crippen LogP contribution < -0.4 is 18.9 Å². The molecule has 0 aliphatic rings. The molecule has 0 rings (SSSR count). The van der Waals surface area contributed by atoms with Crippen LogP contribution in [0.4, 0.5) is 0 Å². The van der Waals surface area contributed by atoms with Gasteiger partial charge in [0.2, 0.25) is 0 Å². The van der Waals surface area contributed by atoms with E-state index < -0.39 is 7.32 Å². The summed E-state index contributed by atoms with van der Waals surface area (Å²) in [7, 11) is -2.17. The van der Waals surface area contributed by atoms with Crippen LogP contribution in [-0.2, 0) is 0 Å². The third kappa shape index (κ3) is 44.5. The van der Waals surface area contributed by atoms with E-state index in [2.05, 4.69) is 0 Å². The van der Waals surface area contributed by atoms with Gasteiger partial charge in [0.05, 0.1) is 0 Å². The first-order valence-corrected chi connectivity index (χ1v) is 0.775. The topological polar surface area (TPSA) is 60.7 Å². The van der Waals surface area contributed by atoms with Gasteiger partial charge in [0.15, 0.2) is 0 Å². The molecule has 0 aromatic rings. The molecule has 0 saturated carbocycles. The van der Waals surface area contributed by atoms with Crippen molar-refractivity contribution in [1.82, 2.24) is 0 Å². The van der Waals surface area contributed by atoms with E-state index in [4.69, 9.17) is 15.1 Å². The zero-order valence-electron chi connectivity index (χ0n) is 6.96. The van der Waals surface area contributed by atoms with Gasteiger partial charge in [-0.25, -0.2) is 0 Å². The molecular formula is H6BBaLiO3Tb. The van der Waals surface area contributed by atoms with Crippen LogP contribution in [0.25, 0.3) is 0 Å². The number of rotatable bonds is 0. The van der Waals surface area contributed by atoms with Gasteiger partial charge in [-0.3, -0.25) is 0 Å². The van der Waals surface area contributed by atoms with Gasteiger partial charge < -0.3 is 19.4 Å². The van der Waals surface area contributed by atoms with Crippen LogP contribution in [0.3, 0.4) is 0 Å². The summed E-state index contributed by atoms with van der Waals surface area (Å²) in [6, 6.07) is 0. The van der Waals surface area contributed by atoms with Crippen molar-refractivity contribution in [3.63, 3.8) is 0 Å². The summed E-state index contributed by atoms with van der Waals surface area (Å²) < 4.78 is 0. The zero-order valence-corrected chi connectivity index (χ0v) is 10.5. The maximum absolute atomic E-state index is 7.17. The van der Waals surface area contributed by atoms with Crippen molar-refractivity contribution in [1.29, 1.82) is 0 Å². The molecule has 3 nitrogen and oxygen atoms in total. The summed E-state index contributed by atoms with van der Waals surface area (Å²) in [4.78, 5) is 0. The summed E-state index contributed by atoms with van der Waals surface area (Å²) in [6.07, 6.45) is 0. The van der Waals surface area contributed by atoms with Crippen molar-refractivity contribution < 1.29 is 76.8 Å². The van der Waals surface area contributed by atoms with Crippen molar-refractivity contribution in [3.8, 4) is 0 Å². The molecule has 39 valence electrons. The first-order chi connectivity index (χ1) is 1.73. The molecule has 0 spiro atoms. The van der Waals surface area contributed by atoms with E-state index in [1.807, 2.05) is 0 Å². The summed E-state index contributed by atoms with van der Waals surface area (Å²) in [6.45, 7) is 0. The van der Waals surface area contributed by atoms with Crippen LogP contribution in [0.5, 0.6) is 0 Å². The maximum Gasteiger partial charge on any atom is 2.00 e. The SMILES string of the molecule is OB(O)O.[Ba+2].[H-].[H-].[H-].[Li+].[Tb]. The molecule has 0 aliphatic carbocycles. The second kappa shape index (κ2) is 16.2. The van der Waals surface area contributed by atoms with Crippen LogP contribution in [0.2, 0.25) is 0 Å². The summed E-state index contributed by atoms with van der Waals surface area (Å²) in [5.41, 5.74) is 0. The smallest absolute Gasteiger partial charge is 1.00 e. The first-order valence-electron chi connectivity index (χ1n) is 0.775. The Kier molecular flexibility index (Phi) is 51.9. The third-order valence-electron chi connectivity index (χ3n) is 0. The molecule has 3 N–H and O–H groups in total. The van der Waals surface area contributed by atoms with Gasteiger partial charge in [-0.15, -0.1) is 0 Å². The minimum absolute atomic E-state index is 0. The van der Waals surface area contributed by atoms with Crippen LogP contribution in [0.15, 0.2) is 0 Å². The maximum atomic E-state index is 7.17. The van der Waals surface area contributed by atoms with Crippen LogP contribution in [0.1, 0.15) is 4.28 Å². The molecule has 0 aromatic heterocycles. The van der Waals surface area contributed by atoms with E-state index in [1.165, 1.54) is 0 Å². The van der Waals surface area contributed by atoms with E-state index in [-0.39, 0.29) is 111 Å². The minimum Gasteiger partial charge on any atom is -1.00 e. The summed E-state index contributed by atoms with van der Waals surface area (Å²) >= 11 is 0. The molecule has 0 aliphatic heterocycles. The van der Waals surface area contributed by atoms with Crippen LogP contribution >= 0.6 is 0 Å². The Hall–Kier alpha value is 3.40. The second-order valence-corrected chi connectivity index (χ2v) is 0.346. The fourth-order valence-corrected chi connectivity index (χ4v) is 0. The minimum atomic E-state index is -2.17. The van der Waals surface area contributed by atoms with Crippen molar-refractivity contribution in [2.24, 2.45) is 0 Å². The number of hydrogen-bond acceptors (Lipinski definition) is 3. The summed E-state index contributed by atoms with van der Waals surface area (Å²) in [5, 5.41) is 21.5. The normalized spacial score (nSPS) is 3.86. The van der Waals surface area contributed by atoms with Gasteiger partial charge in [0.25, 0.3) is 0 Å². The predicted octanol–water partition coefficient (Wildman–Crippen LogP) is -5.09. The van der Waals surface area contributed by atoms with Gasteiger partial charge in [-0.2, -0.15) is 0 Å². The molecule has 7 heteroatoms. The van der Waals surface area contributed by atoms with Gasteiger partial charge >= 0.3 is 75.1 Å². The van der Waals surface area contributed by atoms with E-state index in [0.29, 0.717) is 0 Å². The van der Waals surface area contributed by atoms with E-state index in [0.717, 1.165) is 0 Å². The standard InChI is InChI=1S/BH3O3.Ba.Li.Tb.3H/c2-1(3)4;;;;;;/h2-4H;;;;;;/q;+2;+1;;3*-1. The largest absolute Gasteiger partial charge is 2.00 e. The molecule has 0 fully saturated rings. The van der Waals surface area contributed by atoms with E-state index >= 15 is 0 Å². The fourth-order valence-electron chi connectivity index (χ4n) is 0. The van der Waals surface area contributed by atoms with Gasteiger partial charge in [0, 0.05) is 38.6 Å². The monoisotopic (exact) mass is 369 g/mol. The third-order valence-corrected chi connectivity index (χ3v) is 0. The van der Waals surface area contributed by atoms with Gasteiger partial charge in [-0.05, 0) is 0 Å². The Bertz CT molecular complexity index is 28.5. The number of hydrogen-bond donors (Lipinski definition) is 3. The Morgan fingerprint density at radius 2 is 1.14 bits per heavy atom. The van der Waals surface area contributed by atoms with E-state index in [1.54, 1.807) is 0 Å². The second-order valence-electron chi connectivity index (χ2n) is 0.346. The van der Waals surface area contributed by atoms with Gasteiger partial charge in [0.1, 0.15) is 0 Å². The molecule has 7 heavy (non-hydrogen) atoms. The fraction of sp³-hybridized carbons (Fsp3) is 0. The quantitative estimate of drug-likeness (QED) is 0.375. The molecule has 0 atom stereocenters. The average molecular weight is 368 g/mol. The Morgan fingerprint density at radius 1 is 1.14 bits per heavy atom. The molecule has 0 aromatic carbocycles. The van der Waals surface area contributed by atoms with Crippen molar-refractivity contribution in [2.45, 2.75) is 0 Å². The van der Waals surface area contributed by atoms with Crippen molar-refractivity contribution >= 4 is 56.2 Å². The molecule has 0 heterocycles. The first kappa shape index (κ1) is 22.4. The van der Waals surface area contributed by atoms with Crippen LogP contribution in [0, 0.1) is 38.6 Å². The Morgan fingerprint density at radius 3 is 1.14 bits per heavy atom. The predicted molar refractivity (Wildman–Crippen MR) is 21.5 cm³/mol. The average Bonchev–Trinajstić information content (AvgIpc) is 0.811. The molecule has 0 unspecified atom stereocenters. The molecule has 0 bridgehead atoms.